The van der Waals surface area contributed by atoms with Crippen molar-refractivity contribution in [3.63, 3.8) is 0 Å². The summed E-state index contributed by atoms with van der Waals surface area (Å²) in [5.41, 5.74) is 0.767. The monoisotopic (exact) mass is 398 g/mol. The first kappa shape index (κ1) is 18.2. The number of halogens is 2. The van der Waals surface area contributed by atoms with E-state index in [1.807, 2.05) is 0 Å². The molecule has 0 radical (unpaired) electrons. The Bertz CT molecular complexity index is 805. The van der Waals surface area contributed by atoms with E-state index in [0.717, 1.165) is 12.8 Å². The standard InChI is InChI=1S/C17H16Cl2N2O3S/c1-2-24-17(23)14-9-25-15(20-14)8-21(11-4-5-11)16(22)10-3-6-12(18)13(19)7-10/h3,6-7,9,11H,2,4-5,8H2,1H3. The van der Waals surface area contributed by atoms with Crippen molar-refractivity contribution in [3.8, 4) is 0 Å². The highest BCUT2D eigenvalue weighted by molar-refractivity contribution is 7.09. The number of nitrogens with zero attached hydrogens (tertiary/aromatic N) is 2. The second-order valence-electron chi connectivity index (χ2n) is 5.64. The van der Waals surface area contributed by atoms with Gasteiger partial charge in [-0.05, 0) is 38.0 Å². The van der Waals surface area contributed by atoms with Crippen LogP contribution in [0.25, 0.3) is 0 Å². The van der Waals surface area contributed by atoms with Crippen molar-refractivity contribution in [2.75, 3.05) is 6.61 Å². The summed E-state index contributed by atoms with van der Waals surface area (Å²) in [5.74, 6) is -0.562. The van der Waals surface area contributed by atoms with E-state index in [1.54, 1.807) is 35.4 Å². The largest absolute Gasteiger partial charge is 0.461 e. The van der Waals surface area contributed by atoms with Gasteiger partial charge in [0.25, 0.3) is 5.91 Å². The molecule has 0 saturated heterocycles. The van der Waals surface area contributed by atoms with E-state index in [4.69, 9.17) is 27.9 Å². The second kappa shape index (κ2) is 7.72. The third kappa shape index (κ3) is 4.32. The van der Waals surface area contributed by atoms with Crippen molar-refractivity contribution < 1.29 is 14.3 Å². The number of esters is 1. The highest BCUT2D eigenvalue weighted by Gasteiger charge is 2.34. The van der Waals surface area contributed by atoms with Gasteiger partial charge in [0.05, 0.1) is 23.2 Å². The summed E-state index contributed by atoms with van der Waals surface area (Å²) in [6.07, 6.45) is 1.92. The van der Waals surface area contributed by atoms with Crippen LogP contribution in [-0.2, 0) is 11.3 Å². The zero-order valence-electron chi connectivity index (χ0n) is 13.5. The van der Waals surface area contributed by atoms with Crippen LogP contribution in [0, 0.1) is 0 Å². The van der Waals surface area contributed by atoms with Crippen LogP contribution >= 0.6 is 34.5 Å². The molecule has 8 heteroatoms. The third-order valence-electron chi connectivity index (χ3n) is 3.76. The van der Waals surface area contributed by atoms with Crippen molar-refractivity contribution in [3.05, 3.63) is 49.9 Å². The van der Waals surface area contributed by atoms with Crippen LogP contribution in [0.5, 0.6) is 0 Å². The molecular formula is C17H16Cl2N2O3S. The number of aromatic nitrogens is 1. The molecule has 3 rings (SSSR count). The van der Waals surface area contributed by atoms with E-state index in [9.17, 15) is 9.59 Å². The van der Waals surface area contributed by atoms with Gasteiger partial charge < -0.3 is 9.64 Å². The van der Waals surface area contributed by atoms with Crippen LogP contribution < -0.4 is 0 Å². The summed E-state index contributed by atoms with van der Waals surface area (Å²) in [7, 11) is 0. The highest BCUT2D eigenvalue weighted by Crippen LogP contribution is 2.31. The lowest BCUT2D eigenvalue weighted by Crippen LogP contribution is -2.32. The fraction of sp³-hybridized carbons (Fsp3) is 0.353. The Hall–Kier alpha value is -1.63. The first-order valence-corrected chi connectivity index (χ1v) is 9.50. The molecule has 1 heterocycles. The molecule has 0 spiro atoms. The van der Waals surface area contributed by atoms with Crippen LogP contribution in [0.1, 0.15) is 45.6 Å². The van der Waals surface area contributed by atoms with E-state index >= 15 is 0 Å². The molecule has 0 unspecified atom stereocenters. The molecule has 1 aromatic heterocycles. The van der Waals surface area contributed by atoms with Crippen molar-refractivity contribution in [2.45, 2.75) is 32.4 Å². The lowest BCUT2D eigenvalue weighted by atomic mass is 10.2. The number of hydrogen-bond acceptors (Lipinski definition) is 5. The maximum Gasteiger partial charge on any atom is 0.357 e. The average molecular weight is 399 g/mol. The molecule has 0 aliphatic heterocycles. The summed E-state index contributed by atoms with van der Waals surface area (Å²) in [6.45, 7) is 2.40. The molecule has 25 heavy (non-hydrogen) atoms. The van der Waals surface area contributed by atoms with Gasteiger partial charge in [0.15, 0.2) is 5.69 Å². The Balaban J connectivity index is 1.76. The van der Waals surface area contributed by atoms with E-state index in [1.165, 1.54) is 11.3 Å². The van der Waals surface area contributed by atoms with Gasteiger partial charge in [-0.1, -0.05) is 23.2 Å². The molecule has 2 aromatic rings. The maximum atomic E-state index is 12.8. The van der Waals surface area contributed by atoms with Gasteiger partial charge in [-0.2, -0.15) is 0 Å². The Morgan fingerprint density at radius 3 is 2.72 bits per heavy atom. The number of thiazole rings is 1. The minimum atomic E-state index is -0.446. The van der Waals surface area contributed by atoms with Crippen LogP contribution in [0.2, 0.25) is 10.0 Å². The van der Waals surface area contributed by atoms with Crippen molar-refractivity contribution in [1.82, 2.24) is 9.88 Å². The number of ether oxygens (including phenoxy) is 1. The molecule has 1 aliphatic carbocycles. The van der Waals surface area contributed by atoms with E-state index < -0.39 is 5.97 Å². The summed E-state index contributed by atoms with van der Waals surface area (Å²) < 4.78 is 4.94. The molecule has 1 aliphatic rings. The number of hydrogen-bond donors (Lipinski definition) is 0. The quantitative estimate of drug-likeness (QED) is 0.675. The fourth-order valence-electron chi connectivity index (χ4n) is 2.38. The summed E-state index contributed by atoms with van der Waals surface area (Å²) in [5, 5.41) is 3.11. The lowest BCUT2D eigenvalue weighted by Gasteiger charge is -2.21. The first-order valence-electron chi connectivity index (χ1n) is 7.87. The molecule has 0 bridgehead atoms. The van der Waals surface area contributed by atoms with Gasteiger partial charge >= 0.3 is 5.97 Å². The maximum absolute atomic E-state index is 12.8. The Kier molecular flexibility index (Phi) is 5.61. The second-order valence-corrected chi connectivity index (χ2v) is 7.40. The zero-order valence-corrected chi connectivity index (χ0v) is 15.8. The fourth-order valence-corrected chi connectivity index (χ4v) is 3.44. The van der Waals surface area contributed by atoms with E-state index in [-0.39, 0.29) is 17.6 Å². The Morgan fingerprint density at radius 2 is 2.08 bits per heavy atom. The van der Waals surface area contributed by atoms with Crippen LogP contribution in [0.4, 0.5) is 0 Å². The van der Waals surface area contributed by atoms with Crippen molar-refractivity contribution >= 4 is 46.4 Å². The Morgan fingerprint density at radius 1 is 1.32 bits per heavy atom. The van der Waals surface area contributed by atoms with Crippen LogP contribution in [-0.4, -0.2) is 34.4 Å². The number of carbonyl (C=O) groups is 2. The molecule has 0 N–H and O–H groups in total. The van der Waals surface area contributed by atoms with Crippen molar-refractivity contribution in [1.29, 1.82) is 0 Å². The summed E-state index contributed by atoms with van der Waals surface area (Å²) >= 11 is 13.3. The predicted octanol–water partition coefficient (Wildman–Crippen LogP) is 4.43. The molecular weight excluding hydrogens is 383 g/mol. The van der Waals surface area contributed by atoms with Gasteiger partial charge in [0.1, 0.15) is 5.01 Å². The zero-order chi connectivity index (χ0) is 18.0. The summed E-state index contributed by atoms with van der Waals surface area (Å²) in [4.78, 5) is 30.6. The number of amides is 1. The van der Waals surface area contributed by atoms with Gasteiger partial charge in [0, 0.05) is 17.0 Å². The number of rotatable bonds is 6. The average Bonchev–Trinajstić information content (AvgIpc) is 3.32. The lowest BCUT2D eigenvalue weighted by molar-refractivity contribution is 0.0520. The normalized spacial score (nSPS) is 13.6. The molecule has 1 amide bonds. The van der Waals surface area contributed by atoms with Gasteiger partial charge in [0.2, 0.25) is 0 Å². The number of carbonyl (C=O) groups excluding carboxylic acids is 2. The SMILES string of the molecule is CCOC(=O)c1csc(CN(C(=O)c2ccc(Cl)c(Cl)c2)C2CC2)n1. The van der Waals surface area contributed by atoms with Crippen molar-refractivity contribution in [2.24, 2.45) is 0 Å². The van der Waals surface area contributed by atoms with E-state index in [0.29, 0.717) is 33.8 Å². The van der Waals surface area contributed by atoms with Gasteiger partial charge in [-0.3, -0.25) is 4.79 Å². The van der Waals surface area contributed by atoms with Crippen LogP contribution in [0.3, 0.4) is 0 Å². The smallest absolute Gasteiger partial charge is 0.357 e. The minimum Gasteiger partial charge on any atom is -0.461 e. The molecule has 1 fully saturated rings. The Labute approximate surface area is 159 Å². The summed E-state index contributed by atoms with van der Waals surface area (Å²) in [6, 6.07) is 5.05. The van der Waals surface area contributed by atoms with Gasteiger partial charge in [-0.15, -0.1) is 11.3 Å². The highest BCUT2D eigenvalue weighted by atomic mass is 35.5. The molecule has 132 valence electrons. The molecule has 5 nitrogen and oxygen atoms in total. The first-order chi connectivity index (χ1) is 12.0. The van der Waals surface area contributed by atoms with E-state index in [2.05, 4.69) is 4.98 Å². The van der Waals surface area contributed by atoms with Crippen LogP contribution in [0.15, 0.2) is 23.6 Å². The third-order valence-corrected chi connectivity index (χ3v) is 5.33. The van der Waals surface area contributed by atoms with Gasteiger partial charge in [-0.25, -0.2) is 9.78 Å². The minimum absolute atomic E-state index is 0.117. The topological polar surface area (TPSA) is 59.5 Å². The predicted molar refractivity (Wildman–Crippen MR) is 97.4 cm³/mol. The number of benzene rings is 1. The molecule has 1 aromatic carbocycles. The molecule has 0 atom stereocenters. The molecule has 1 saturated carbocycles.